The van der Waals surface area contributed by atoms with Crippen LogP contribution in [-0.2, 0) is 11.2 Å². The second-order valence-corrected chi connectivity index (χ2v) is 5.19. The first-order valence-electron chi connectivity index (χ1n) is 6.87. The minimum atomic E-state index is -0.182. The number of rotatable bonds is 4. The summed E-state index contributed by atoms with van der Waals surface area (Å²) in [5, 5.41) is 0. The summed E-state index contributed by atoms with van der Waals surface area (Å²) in [6.07, 6.45) is 3.22. The van der Waals surface area contributed by atoms with E-state index < -0.39 is 0 Å². The van der Waals surface area contributed by atoms with Crippen LogP contribution in [0.2, 0.25) is 0 Å². The quantitative estimate of drug-likeness (QED) is 0.774. The van der Waals surface area contributed by atoms with Gasteiger partial charge in [-0.15, -0.1) is 0 Å². The summed E-state index contributed by atoms with van der Waals surface area (Å²) in [5.74, 6) is -0.182. The Morgan fingerprint density at radius 1 is 1.42 bits per heavy atom. The average Bonchev–Trinajstić information content (AvgIpc) is 2.42. The molecule has 1 fully saturated rings. The lowest BCUT2D eigenvalue weighted by Gasteiger charge is -2.33. The molecule has 1 saturated heterocycles. The van der Waals surface area contributed by atoms with Crippen molar-refractivity contribution in [2.45, 2.75) is 26.4 Å². The molecule has 104 valence electrons. The summed E-state index contributed by atoms with van der Waals surface area (Å²) >= 11 is 0. The molecule has 0 N–H and O–H groups in total. The Balaban J connectivity index is 1.88. The fourth-order valence-electron chi connectivity index (χ4n) is 2.37. The number of morpholine rings is 1. The van der Waals surface area contributed by atoms with E-state index in [2.05, 4.69) is 24.8 Å². The highest BCUT2D eigenvalue weighted by Gasteiger charge is 2.20. The van der Waals surface area contributed by atoms with Gasteiger partial charge in [-0.3, -0.25) is 4.90 Å². The van der Waals surface area contributed by atoms with E-state index in [0.717, 1.165) is 38.2 Å². The number of hydrogen-bond acceptors (Lipinski definition) is 2. The normalized spacial score (nSPS) is 21.6. The van der Waals surface area contributed by atoms with Crippen LogP contribution in [0.15, 0.2) is 35.9 Å². The van der Waals surface area contributed by atoms with Gasteiger partial charge in [0.1, 0.15) is 5.82 Å². The van der Waals surface area contributed by atoms with Gasteiger partial charge in [-0.05, 0) is 38.0 Å². The van der Waals surface area contributed by atoms with Gasteiger partial charge in [0.2, 0.25) is 0 Å². The van der Waals surface area contributed by atoms with Gasteiger partial charge in [0, 0.05) is 19.6 Å². The lowest BCUT2D eigenvalue weighted by molar-refractivity contribution is -0.0244. The molecule has 1 aromatic rings. The van der Waals surface area contributed by atoms with Crippen LogP contribution in [0.1, 0.15) is 19.4 Å². The molecule has 0 saturated carbocycles. The van der Waals surface area contributed by atoms with Gasteiger partial charge in [-0.1, -0.05) is 23.8 Å². The van der Waals surface area contributed by atoms with Crippen LogP contribution in [0.5, 0.6) is 0 Å². The van der Waals surface area contributed by atoms with Gasteiger partial charge in [-0.25, -0.2) is 4.39 Å². The summed E-state index contributed by atoms with van der Waals surface area (Å²) < 4.78 is 18.7. The highest BCUT2D eigenvalue weighted by atomic mass is 19.1. The van der Waals surface area contributed by atoms with E-state index in [1.54, 1.807) is 0 Å². The van der Waals surface area contributed by atoms with Crippen molar-refractivity contribution >= 4 is 0 Å². The Morgan fingerprint density at radius 2 is 2.16 bits per heavy atom. The monoisotopic (exact) mass is 263 g/mol. The Hall–Kier alpha value is -1.19. The molecule has 3 heteroatoms. The molecule has 2 nitrogen and oxygen atoms in total. The summed E-state index contributed by atoms with van der Waals surface area (Å²) in [4.78, 5) is 2.42. The van der Waals surface area contributed by atoms with Crippen molar-refractivity contribution in [2.24, 2.45) is 0 Å². The molecule has 0 unspecified atom stereocenters. The predicted octanol–water partition coefficient (Wildman–Crippen LogP) is 3.04. The minimum Gasteiger partial charge on any atom is -0.375 e. The minimum absolute atomic E-state index is 0.182. The molecule has 1 atom stereocenters. The molecular formula is C16H22FNO. The third kappa shape index (κ3) is 4.44. The van der Waals surface area contributed by atoms with Crippen LogP contribution in [0.3, 0.4) is 0 Å². The van der Waals surface area contributed by atoms with Crippen molar-refractivity contribution in [3.8, 4) is 0 Å². The third-order valence-corrected chi connectivity index (χ3v) is 3.57. The molecule has 0 bridgehead atoms. The van der Waals surface area contributed by atoms with Gasteiger partial charge < -0.3 is 4.74 Å². The zero-order chi connectivity index (χ0) is 13.7. The number of hydrogen-bond donors (Lipinski definition) is 0. The maximum atomic E-state index is 12.9. The van der Waals surface area contributed by atoms with Gasteiger partial charge in [0.15, 0.2) is 0 Å². The predicted molar refractivity (Wildman–Crippen MR) is 75.7 cm³/mol. The first-order chi connectivity index (χ1) is 9.17. The van der Waals surface area contributed by atoms with Crippen LogP contribution >= 0.6 is 0 Å². The van der Waals surface area contributed by atoms with E-state index in [1.807, 2.05) is 12.1 Å². The van der Waals surface area contributed by atoms with E-state index in [4.69, 9.17) is 4.74 Å². The SMILES string of the molecule is C/C=C(\C)CN1CCO[C@@H](Cc2ccc(F)cc2)C1. The van der Waals surface area contributed by atoms with Crippen LogP contribution in [0, 0.1) is 5.82 Å². The van der Waals surface area contributed by atoms with Gasteiger partial charge >= 0.3 is 0 Å². The van der Waals surface area contributed by atoms with Crippen LogP contribution in [0.25, 0.3) is 0 Å². The van der Waals surface area contributed by atoms with Crippen molar-refractivity contribution in [1.29, 1.82) is 0 Å². The smallest absolute Gasteiger partial charge is 0.123 e. The Morgan fingerprint density at radius 3 is 2.84 bits per heavy atom. The van der Waals surface area contributed by atoms with Crippen molar-refractivity contribution in [3.63, 3.8) is 0 Å². The molecule has 0 radical (unpaired) electrons. The maximum absolute atomic E-state index is 12.9. The van der Waals surface area contributed by atoms with Crippen molar-refractivity contribution in [2.75, 3.05) is 26.2 Å². The van der Waals surface area contributed by atoms with Crippen molar-refractivity contribution in [3.05, 3.63) is 47.3 Å². The van der Waals surface area contributed by atoms with E-state index in [-0.39, 0.29) is 11.9 Å². The zero-order valence-corrected chi connectivity index (χ0v) is 11.7. The number of benzene rings is 1. The van der Waals surface area contributed by atoms with E-state index in [9.17, 15) is 4.39 Å². The maximum Gasteiger partial charge on any atom is 0.123 e. The molecule has 0 spiro atoms. The number of halogens is 1. The molecule has 1 aliphatic rings. The van der Waals surface area contributed by atoms with Crippen LogP contribution in [0.4, 0.5) is 4.39 Å². The fraction of sp³-hybridized carbons (Fsp3) is 0.500. The Labute approximate surface area is 114 Å². The van der Waals surface area contributed by atoms with E-state index in [1.165, 1.54) is 17.7 Å². The van der Waals surface area contributed by atoms with Crippen LogP contribution < -0.4 is 0 Å². The molecular weight excluding hydrogens is 241 g/mol. The molecule has 1 aliphatic heterocycles. The molecule has 0 amide bonds. The Kier molecular flexibility index (Phi) is 5.11. The van der Waals surface area contributed by atoms with Gasteiger partial charge in [-0.2, -0.15) is 0 Å². The highest BCUT2D eigenvalue weighted by molar-refractivity contribution is 5.17. The first kappa shape index (κ1) is 14.2. The van der Waals surface area contributed by atoms with E-state index in [0.29, 0.717) is 0 Å². The van der Waals surface area contributed by atoms with Crippen LogP contribution in [-0.4, -0.2) is 37.2 Å². The number of nitrogens with zero attached hydrogens (tertiary/aromatic N) is 1. The lowest BCUT2D eigenvalue weighted by atomic mass is 10.1. The Bertz CT molecular complexity index is 427. The van der Waals surface area contributed by atoms with Gasteiger partial charge in [0.25, 0.3) is 0 Å². The third-order valence-electron chi connectivity index (χ3n) is 3.57. The molecule has 19 heavy (non-hydrogen) atoms. The second-order valence-electron chi connectivity index (χ2n) is 5.19. The average molecular weight is 263 g/mol. The standard InChI is InChI=1S/C16H22FNO/c1-3-13(2)11-18-8-9-19-16(12-18)10-14-4-6-15(17)7-5-14/h3-7,16H,8-12H2,1-2H3/b13-3+/t16-/m0/s1. The topological polar surface area (TPSA) is 12.5 Å². The molecule has 1 heterocycles. The molecule has 0 aliphatic carbocycles. The molecule has 0 aromatic heterocycles. The lowest BCUT2D eigenvalue weighted by Crippen LogP contribution is -2.43. The fourth-order valence-corrected chi connectivity index (χ4v) is 2.37. The molecule has 1 aromatic carbocycles. The summed E-state index contributed by atoms with van der Waals surface area (Å²) in [6.45, 7) is 7.96. The number of allylic oxidation sites excluding steroid dienone is 1. The zero-order valence-electron chi connectivity index (χ0n) is 11.7. The largest absolute Gasteiger partial charge is 0.375 e. The second kappa shape index (κ2) is 6.83. The van der Waals surface area contributed by atoms with Gasteiger partial charge in [0.05, 0.1) is 12.7 Å². The highest BCUT2D eigenvalue weighted by Crippen LogP contribution is 2.13. The summed E-state index contributed by atoms with van der Waals surface area (Å²) in [7, 11) is 0. The summed E-state index contributed by atoms with van der Waals surface area (Å²) in [6, 6.07) is 6.71. The van der Waals surface area contributed by atoms with Crippen molar-refractivity contribution < 1.29 is 9.13 Å². The van der Waals surface area contributed by atoms with Crippen molar-refractivity contribution in [1.82, 2.24) is 4.90 Å². The molecule has 2 rings (SSSR count). The summed E-state index contributed by atoms with van der Waals surface area (Å²) in [5.41, 5.74) is 2.53. The number of ether oxygens (including phenoxy) is 1. The van der Waals surface area contributed by atoms with E-state index >= 15 is 0 Å². The first-order valence-corrected chi connectivity index (χ1v) is 6.87.